The van der Waals surface area contributed by atoms with Crippen LogP contribution in [0.4, 0.5) is 5.82 Å². The summed E-state index contributed by atoms with van der Waals surface area (Å²) >= 11 is 0. The van der Waals surface area contributed by atoms with Gasteiger partial charge in [-0.05, 0) is 21.5 Å². The molecule has 0 atom stereocenters. The average Bonchev–Trinajstić information content (AvgIpc) is 3.27. The SMILES string of the molecule is Nc1nn2cc(-c3cccc4ccccc34)cnc2c1-c1nn[nH]n1. The van der Waals surface area contributed by atoms with E-state index >= 15 is 0 Å². The molecule has 5 rings (SSSR count). The summed E-state index contributed by atoms with van der Waals surface area (Å²) in [6.45, 7) is 0. The molecule has 0 aliphatic rings. The van der Waals surface area contributed by atoms with E-state index in [4.69, 9.17) is 5.73 Å². The molecule has 25 heavy (non-hydrogen) atoms. The van der Waals surface area contributed by atoms with E-state index in [1.807, 2.05) is 30.6 Å². The van der Waals surface area contributed by atoms with E-state index in [1.54, 1.807) is 4.52 Å². The molecular weight excluding hydrogens is 316 g/mol. The monoisotopic (exact) mass is 328 g/mol. The summed E-state index contributed by atoms with van der Waals surface area (Å²) < 4.78 is 1.65. The third-order valence-electron chi connectivity index (χ3n) is 4.17. The number of nitrogens with zero attached hydrogens (tertiary/aromatic N) is 6. The van der Waals surface area contributed by atoms with Crippen molar-refractivity contribution in [3.05, 3.63) is 54.9 Å². The molecule has 0 aliphatic heterocycles. The lowest BCUT2D eigenvalue weighted by Gasteiger charge is -2.06. The number of nitrogens with one attached hydrogen (secondary N) is 1. The number of rotatable bonds is 2. The summed E-state index contributed by atoms with van der Waals surface area (Å²) in [5.41, 5.74) is 9.22. The molecule has 0 unspecified atom stereocenters. The van der Waals surface area contributed by atoms with Crippen LogP contribution in [0.25, 0.3) is 38.9 Å². The Morgan fingerprint density at radius 1 is 1.04 bits per heavy atom. The smallest absolute Gasteiger partial charge is 0.212 e. The molecular formula is C17H12N8. The first-order chi connectivity index (χ1) is 12.3. The molecule has 8 heteroatoms. The van der Waals surface area contributed by atoms with Gasteiger partial charge in [0.1, 0.15) is 5.56 Å². The van der Waals surface area contributed by atoms with Crippen molar-refractivity contribution < 1.29 is 0 Å². The molecule has 3 N–H and O–H groups in total. The average molecular weight is 328 g/mol. The highest BCUT2D eigenvalue weighted by Gasteiger charge is 2.18. The second-order valence-corrected chi connectivity index (χ2v) is 5.63. The molecule has 8 nitrogen and oxygen atoms in total. The number of nitrogen functional groups attached to an aromatic ring is 1. The number of tetrazole rings is 1. The van der Waals surface area contributed by atoms with Gasteiger partial charge in [-0.15, -0.1) is 15.3 Å². The number of benzene rings is 2. The van der Waals surface area contributed by atoms with Crippen molar-refractivity contribution in [1.82, 2.24) is 35.2 Å². The topological polar surface area (TPSA) is 111 Å². The molecule has 0 aliphatic carbocycles. The summed E-state index contributed by atoms with van der Waals surface area (Å²) in [6.07, 6.45) is 3.71. The van der Waals surface area contributed by atoms with Crippen LogP contribution in [0.3, 0.4) is 0 Å². The molecule has 3 aromatic heterocycles. The van der Waals surface area contributed by atoms with E-state index in [0.717, 1.165) is 16.5 Å². The molecule has 120 valence electrons. The van der Waals surface area contributed by atoms with Crippen LogP contribution >= 0.6 is 0 Å². The van der Waals surface area contributed by atoms with E-state index in [9.17, 15) is 0 Å². The largest absolute Gasteiger partial charge is 0.382 e. The van der Waals surface area contributed by atoms with Crippen LogP contribution in [-0.2, 0) is 0 Å². The highest BCUT2D eigenvalue weighted by atomic mass is 15.5. The highest BCUT2D eigenvalue weighted by Crippen LogP contribution is 2.30. The highest BCUT2D eigenvalue weighted by molar-refractivity contribution is 5.96. The first-order valence-corrected chi connectivity index (χ1v) is 7.67. The van der Waals surface area contributed by atoms with Crippen LogP contribution < -0.4 is 5.73 Å². The number of H-pyrrole nitrogens is 1. The Labute approximate surface area is 141 Å². The summed E-state index contributed by atoms with van der Waals surface area (Å²) in [6, 6.07) is 14.4. The minimum absolute atomic E-state index is 0.309. The fourth-order valence-corrected chi connectivity index (χ4v) is 3.05. The minimum Gasteiger partial charge on any atom is -0.382 e. The lowest BCUT2D eigenvalue weighted by atomic mass is 10.0. The number of hydrogen-bond donors (Lipinski definition) is 2. The minimum atomic E-state index is 0.309. The number of aromatic nitrogens is 7. The van der Waals surface area contributed by atoms with Crippen molar-refractivity contribution in [1.29, 1.82) is 0 Å². The zero-order valence-electron chi connectivity index (χ0n) is 13.0. The summed E-state index contributed by atoms with van der Waals surface area (Å²) in [5, 5.41) is 20.6. The Bertz CT molecular complexity index is 1200. The quantitative estimate of drug-likeness (QED) is 0.514. The maximum Gasteiger partial charge on any atom is 0.212 e. The second-order valence-electron chi connectivity index (χ2n) is 5.63. The first kappa shape index (κ1) is 13.6. The Balaban J connectivity index is 1.74. The molecule has 0 saturated carbocycles. The van der Waals surface area contributed by atoms with Crippen molar-refractivity contribution in [2.45, 2.75) is 0 Å². The summed E-state index contributed by atoms with van der Waals surface area (Å²) in [7, 11) is 0. The molecule has 5 aromatic rings. The maximum absolute atomic E-state index is 6.03. The van der Waals surface area contributed by atoms with Crippen molar-refractivity contribution in [2.24, 2.45) is 0 Å². The van der Waals surface area contributed by atoms with Crippen LogP contribution in [0.15, 0.2) is 54.9 Å². The second kappa shape index (κ2) is 5.10. The van der Waals surface area contributed by atoms with Crippen molar-refractivity contribution in [3.8, 4) is 22.5 Å². The normalized spacial score (nSPS) is 11.4. The number of anilines is 1. The number of fused-ring (bicyclic) bond motifs is 2. The Morgan fingerprint density at radius 2 is 1.92 bits per heavy atom. The van der Waals surface area contributed by atoms with Gasteiger partial charge in [0.15, 0.2) is 11.5 Å². The van der Waals surface area contributed by atoms with Gasteiger partial charge in [0.2, 0.25) is 5.82 Å². The van der Waals surface area contributed by atoms with Crippen molar-refractivity contribution >= 4 is 22.2 Å². The Kier molecular flexibility index (Phi) is 2.78. The lowest BCUT2D eigenvalue weighted by molar-refractivity contribution is 0.881. The van der Waals surface area contributed by atoms with Crippen LogP contribution in [0, 0.1) is 0 Å². The summed E-state index contributed by atoms with van der Waals surface area (Å²) in [5.74, 6) is 0.682. The fourth-order valence-electron chi connectivity index (χ4n) is 3.05. The predicted molar refractivity (Wildman–Crippen MR) is 93.5 cm³/mol. The van der Waals surface area contributed by atoms with Gasteiger partial charge in [-0.1, -0.05) is 42.5 Å². The fraction of sp³-hybridized carbons (Fsp3) is 0. The molecule has 0 fully saturated rings. The number of aromatic amines is 1. The molecule has 0 saturated heterocycles. The molecule has 0 radical (unpaired) electrons. The standard InChI is InChI=1S/C17H12N8/c18-15-14(16-20-23-24-21-16)17-19-8-11(9-25(17)22-15)13-7-3-5-10-4-1-2-6-12(10)13/h1-9H,(H2,18,22)(H,20,21,23,24). The van der Waals surface area contributed by atoms with Crippen molar-refractivity contribution in [3.63, 3.8) is 0 Å². The van der Waals surface area contributed by atoms with Crippen LogP contribution in [0.2, 0.25) is 0 Å². The van der Waals surface area contributed by atoms with Crippen LogP contribution in [0.1, 0.15) is 0 Å². The number of hydrogen-bond acceptors (Lipinski definition) is 6. The van der Waals surface area contributed by atoms with Gasteiger partial charge in [0, 0.05) is 18.0 Å². The Morgan fingerprint density at radius 3 is 2.80 bits per heavy atom. The van der Waals surface area contributed by atoms with Gasteiger partial charge in [-0.25, -0.2) is 9.50 Å². The molecule has 0 bridgehead atoms. The third kappa shape index (κ3) is 2.04. The third-order valence-corrected chi connectivity index (χ3v) is 4.17. The van der Waals surface area contributed by atoms with E-state index < -0.39 is 0 Å². The maximum atomic E-state index is 6.03. The Hall–Kier alpha value is -3.81. The van der Waals surface area contributed by atoms with Gasteiger partial charge in [0.05, 0.1) is 0 Å². The van der Waals surface area contributed by atoms with E-state index in [1.165, 1.54) is 5.39 Å². The van der Waals surface area contributed by atoms with Gasteiger partial charge in [-0.3, -0.25) is 0 Å². The zero-order chi connectivity index (χ0) is 16.8. The lowest BCUT2D eigenvalue weighted by Crippen LogP contribution is -1.93. The molecule has 0 spiro atoms. The van der Waals surface area contributed by atoms with Crippen LogP contribution in [-0.4, -0.2) is 35.2 Å². The predicted octanol–water partition coefficient (Wildman–Crippen LogP) is 2.31. The van der Waals surface area contributed by atoms with Crippen LogP contribution in [0.5, 0.6) is 0 Å². The van der Waals surface area contributed by atoms with Gasteiger partial charge in [-0.2, -0.15) is 5.21 Å². The first-order valence-electron chi connectivity index (χ1n) is 7.67. The van der Waals surface area contributed by atoms with E-state index in [0.29, 0.717) is 22.9 Å². The molecule has 0 amide bonds. The zero-order valence-corrected chi connectivity index (χ0v) is 13.0. The number of nitrogens with two attached hydrogens (primary N) is 1. The summed E-state index contributed by atoms with van der Waals surface area (Å²) in [4.78, 5) is 4.54. The molecule has 3 heterocycles. The molecule has 2 aromatic carbocycles. The van der Waals surface area contributed by atoms with Crippen molar-refractivity contribution in [2.75, 3.05) is 5.73 Å². The van der Waals surface area contributed by atoms with Gasteiger partial charge >= 0.3 is 0 Å². The van der Waals surface area contributed by atoms with Gasteiger partial charge in [0.25, 0.3) is 0 Å². The van der Waals surface area contributed by atoms with E-state index in [-0.39, 0.29) is 0 Å². The van der Waals surface area contributed by atoms with Gasteiger partial charge < -0.3 is 5.73 Å². The van der Waals surface area contributed by atoms with E-state index in [2.05, 4.69) is 55.0 Å².